The van der Waals surface area contributed by atoms with Crippen molar-refractivity contribution in [1.29, 1.82) is 0 Å². The molecule has 0 aromatic rings. The summed E-state index contributed by atoms with van der Waals surface area (Å²) in [4.78, 5) is 38.9. The minimum Gasteiger partial charge on any atom is -0.299 e. The number of fused-ring (bicyclic) bond motifs is 1. The Labute approximate surface area is 137 Å². The molecule has 6 rings (SSSR count). The highest BCUT2D eigenvalue weighted by Crippen LogP contribution is 2.82. The third-order valence-corrected chi connectivity index (χ3v) is 9.31. The van der Waals surface area contributed by atoms with E-state index in [1.165, 1.54) is 0 Å². The van der Waals surface area contributed by atoms with Gasteiger partial charge in [0.05, 0.1) is 5.41 Å². The van der Waals surface area contributed by atoms with Crippen molar-refractivity contribution in [2.24, 2.45) is 45.3 Å². The van der Waals surface area contributed by atoms with E-state index in [0.717, 1.165) is 19.3 Å². The van der Waals surface area contributed by atoms with Crippen molar-refractivity contribution in [2.45, 2.75) is 59.8 Å². The van der Waals surface area contributed by atoms with Crippen LogP contribution >= 0.6 is 0 Å². The van der Waals surface area contributed by atoms with Gasteiger partial charge in [-0.15, -0.1) is 0 Å². The number of carbonyl (C=O) groups excluding carboxylic acids is 3. The van der Waals surface area contributed by atoms with Crippen LogP contribution in [0.25, 0.3) is 0 Å². The molecule has 0 saturated heterocycles. The molecule has 0 aliphatic heterocycles. The number of Topliss-reactive ketones (excluding diaryl/α,β-unsaturated/α-hetero) is 3. The van der Waals surface area contributed by atoms with Gasteiger partial charge in [-0.25, -0.2) is 0 Å². The summed E-state index contributed by atoms with van der Waals surface area (Å²) in [5.74, 6) is 1.74. The maximum Gasteiger partial charge on any atom is 0.153 e. The van der Waals surface area contributed by atoms with Crippen molar-refractivity contribution in [2.75, 3.05) is 0 Å². The molecule has 0 heterocycles. The Morgan fingerprint density at radius 3 is 2.26 bits per heavy atom. The molecular formula is C20H26O3. The molecule has 0 aromatic heterocycles. The van der Waals surface area contributed by atoms with Gasteiger partial charge in [-0.05, 0) is 48.9 Å². The molecule has 3 nitrogen and oxygen atoms in total. The number of rotatable bonds is 0. The highest BCUT2D eigenvalue weighted by atomic mass is 16.2. The average Bonchev–Trinajstić information content (AvgIpc) is 3.07. The summed E-state index contributed by atoms with van der Waals surface area (Å²) >= 11 is 0. The highest BCUT2D eigenvalue weighted by molar-refractivity contribution is 6.22. The van der Waals surface area contributed by atoms with Gasteiger partial charge in [0, 0.05) is 23.2 Å². The molecule has 1 unspecified atom stereocenters. The van der Waals surface area contributed by atoms with Crippen LogP contribution in [0.15, 0.2) is 0 Å². The van der Waals surface area contributed by atoms with E-state index in [2.05, 4.69) is 20.8 Å². The summed E-state index contributed by atoms with van der Waals surface area (Å²) in [7, 11) is 0. The zero-order valence-corrected chi connectivity index (χ0v) is 14.6. The first kappa shape index (κ1) is 14.4. The van der Waals surface area contributed by atoms with E-state index < -0.39 is 5.41 Å². The minimum absolute atomic E-state index is 0.0319. The second-order valence-corrected chi connectivity index (χ2v) is 10.1. The van der Waals surface area contributed by atoms with Crippen LogP contribution in [0, 0.1) is 45.3 Å². The maximum atomic E-state index is 13.3. The number of hydrogen-bond acceptors (Lipinski definition) is 3. The number of carbonyl (C=O) groups is 3. The molecule has 3 heteroatoms. The Morgan fingerprint density at radius 2 is 1.65 bits per heavy atom. The van der Waals surface area contributed by atoms with Crippen molar-refractivity contribution >= 4 is 17.3 Å². The fraction of sp³-hybridized carbons (Fsp3) is 0.850. The topological polar surface area (TPSA) is 51.2 Å². The Hall–Kier alpha value is -0.990. The molecule has 0 radical (unpaired) electrons. The van der Waals surface area contributed by atoms with E-state index >= 15 is 0 Å². The summed E-state index contributed by atoms with van der Waals surface area (Å²) in [5, 5.41) is 0. The zero-order valence-electron chi connectivity index (χ0n) is 14.6. The zero-order chi connectivity index (χ0) is 16.6. The Balaban J connectivity index is 1.65. The lowest BCUT2D eigenvalue weighted by atomic mass is 9.39. The molecule has 0 amide bonds. The largest absolute Gasteiger partial charge is 0.299 e. The first-order valence-electron chi connectivity index (χ1n) is 9.25. The van der Waals surface area contributed by atoms with Crippen LogP contribution in [0.5, 0.6) is 0 Å². The van der Waals surface area contributed by atoms with Gasteiger partial charge < -0.3 is 0 Å². The summed E-state index contributed by atoms with van der Waals surface area (Å²) in [6.45, 7) is 8.51. The second kappa shape index (κ2) is 3.50. The molecule has 6 saturated carbocycles. The summed E-state index contributed by atoms with van der Waals surface area (Å²) in [6.07, 6.45) is 4.07. The first-order valence-corrected chi connectivity index (χ1v) is 9.25. The van der Waals surface area contributed by atoms with Gasteiger partial charge in [-0.1, -0.05) is 27.7 Å². The first-order chi connectivity index (χ1) is 10.6. The lowest BCUT2D eigenvalue weighted by molar-refractivity contribution is -0.181. The van der Waals surface area contributed by atoms with Crippen LogP contribution in [0.1, 0.15) is 59.8 Å². The second-order valence-electron chi connectivity index (χ2n) is 10.1. The van der Waals surface area contributed by atoms with Crippen molar-refractivity contribution in [3.05, 3.63) is 0 Å². The minimum atomic E-state index is -0.685. The van der Waals surface area contributed by atoms with Gasteiger partial charge in [0.15, 0.2) is 11.6 Å². The Bertz CT molecular complexity index is 691. The molecule has 0 N–H and O–H groups in total. The van der Waals surface area contributed by atoms with Crippen LogP contribution in [-0.4, -0.2) is 17.3 Å². The van der Waals surface area contributed by atoms with Gasteiger partial charge in [0.25, 0.3) is 0 Å². The third kappa shape index (κ3) is 1.16. The fourth-order valence-electron chi connectivity index (χ4n) is 8.02. The van der Waals surface area contributed by atoms with Crippen molar-refractivity contribution in [3.8, 4) is 0 Å². The van der Waals surface area contributed by atoms with Crippen LogP contribution in [0.4, 0.5) is 0 Å². The van der Waals surface area contributed by atoms with Crippen molar-refractivity contribution in [1.82, 2.24) is 0 Å². The molecule has 7 atom stereocenters. The smallest absolute Gasteiger partial charge is 0.153 e. The maximum absolute atomic E-state index is 13.3. The van der Waals surface area contributed by atoms with Crippen LogP contribution in [0.2, 0.25) is 0 Å². The Kier molecular flexibility index (Phi) is 2.19. The molecule has 124 valence electrons. The molecule has 0 aromatic carbocycles. The fourth-order valence-corrected chi connectivity index (χ4v) is 8.02. The van der Waals surface area contributed by atoms with Crippen LogP contribution in [0.3, 0.4) is 0 Å². The summed E-state index contributed by atoms with van der Waals surface area (Å²) in [5.41, 5.74) is -1.35. The van der Waals surface area contributed by atoms with Gasteiger partial charge >= 0.3 is 0 Å². The summed E-state index contributed by atoms with van der Waals surface area (Å²) in [6, 6.07) is 0. The molecule has 6 fully saturated rings. The third-order valence-electron chi connectivity index (χ3n) is 9.31. The van der Waals surface area contributed by atoms with Crippen molar-refractivity contribution in [3.63, 3.8) is 0 Å². The van der Waals surface area contributed by atoms with E-state index in [1.807, 2.05) is 6.92 Å². The summed E-state index contributed by atoms with van der Waals surface area (Å²) < 4.78 is 0. The molecule has 6 aliphatic rings. The standard InChI is InChI=1S/C20H26O3/c1-17(2)11-5-8-20-12(18(11,3)7-6-13(17)21)9-10-14(15(20)22)19(10,4)16(20)23/h10-12,14H,5-9H2,1-4H3/t10-,11+,12-,14?,18+,19+,20-/m1/s1. The van der Waals surface area contributed by atoms with Gasteiger partial charge in [0.2, 0.25) is 0 Å². The van der Waals surface area contributed by atoms with E-state index in [9.17, 15) is 14.4 Å². The normalized spacial score (nSPS) is 58.7. The molecular weight excluding hydrogens is 288 g/mol. The highest BCUT2D eigenvalue weighted by Gasteiger charge is 2.87. The van der Waals surface area contributed by atoms with E-state index in [4.69, 9.17) is 0 Å². The van der Waals surface area contributed by atoms with Gasteiger partial charge in [0.1, 0.15) is 5.78 Å². The molecule has 23 heavy (non-hydrogen) atoms. The lowest BCUT2D eigenvalue weighted by Crippen LogP contribution is -2.64. The van der Waals surface area contributed by atoms with E-state index in [1.54, 1.807) is 0 Å². The van der Waals surface area contributed by atoms with E-state index in [-0.39, 0.29) is 39.6 Å². The predicted octanol–water partition coefficient (Wildman–Crippen LogP) is 3.20. The SMILES string of the molecule is CC1(C)C(=O)CC[C@@]2(C)[C@H]1CC[C@]13C(=O)C4[C@@H](C[C@@H]12)[C@]4(C)C3=O. The lowest BCUT2D eigenvalue weighted by Gasteiger charge is -2.63. The van der Waals surface area contributed by atoms with E-state index in [0.29, 0.717) is 30.5 Å². The molecule has 6 aliphatic carbocycles. The quantitative estimate of drug-likeness (QED) is 0.645. The Morgan fingerprint density at radius 1 is 0.957 bits per heavy atom. The van der Waals surface area contributed by atoms with Crippen LogP contribution < -0.4 is 0 Å². The molecule has 1 spiro atoms. The number of ketones is 3. The van der Waals surface area contributed by atoms with Crippen molar-refractivity contribution < 1.29 is 14.4 Å². The van der Waals surface area contributed by atoms with Gasteiger partial charge in [-0.2, -0.15) is 0 Å². The average molecular weight is 314 g/mol. The van der Waals surface area contributed by atoms with Crippen LogP contribution in [-0.2, 0) is 14.4 Å². The monoisotopic (exact) mass is 314 g/mol. The predicted molar refractivity (Wildman–Crippen MR) is 84.5 cm³/mol. The number of hydrogen-bond donors (Lipinski definition) is 0. The molecule has 4 bridgehead atoms. The van der Waals surface area contributed by atoms with Gasteiger partial charge in [-0.3, -0.25) is 14.4 Å².